The standard InChI is InChI=1S/C14H9Cl2FO2/c15-11-7-6-10(8-12(11)16)19-14(17)13(18)9-4-2-1-3-5-9/h1-8,14H/t14-/m1/s1. The zero-order valence-corrected chi connectivity index (χ0v) is 11.2. The van der Waals surface area contributed by atoms with Gasteiger partial charge in [-0.15, -0.1) is 0 Å². The van der Waals surface area contributed by atoms with E-state index in [0.717, 1.165) is 0 Å². The molecule has 0 unspecified atom stereocenters. The largest absolute Gasteiger partial charge is 0.453 e. The SMILES string of the molecule is O=C(c1ccccc1)[C@H](F)Oc1ccc(Cl)c(Cl)c1. The van der Waals surface area contributed by atoms with Crippen molar-refractivity contribution < 1.29 is 13.9 Å². The summed E-state index contributed by atoms with van der Waals surface area (Å²) in [5.41, 5.74) is 0.245. The van der Waals surface area contributed by atoms with E-state index in [2.05, 4.69) is 0 Å². The smallest absolute Gasteiger partial charge is 0.301 e. The van der Waals surface area contributed by atoms with E-state index in [1.165, 1.54) is 30.3 Å². The van der Waals surface area contributed by atoms with E-state index in [4.69, 9.17) is 27.9 Å². The van der Waals surface area contributed by atoms with Crippen molar-refractivity contribution in [1.82, 2.24) is 0 Å². The number of halogens is 3. The van der Waals surface area contributed by atoms with Crippen LogP contribution >= 0.6 is 23.2 Å². The molecule has 0 aliphatic carbocycles. The predicted octanol–water partition coefficient (Wildman–Crippen LogP) is 4.55. The molecule has 0 amide bonds. The summed E-state index contributed by atoms with van der Waals surface area (Å²) in [5, 5.41) is 0.567. The molecule has 0 aliphatic rings. The Balaban J connectivity index is 2.10. The molecule has 0 heterocycles. The van der Waals surface area contributed by atoms with Crippen molar-refractivity contribution in [3.05, 3.63) is 64.1 Å². The third-order valence-corrected chi connectivity index (χ3v) is 3.13. The second-order valence-corrected chi connectivity index (χ2v) is 4.55. The Kier molecular flexibility index (Phi) is 4.40. The molecule has 0 spiro atoms. The summed E-state index contributed by atoms with van der Waals surface area (Å²) in [6.45, 7) is 0. The van der Waals surface area contributed by atoms with Crippen molar-refractivity contribution in [2.24, 2.45) is 0 Å². The quantitative estimate of drug-likeness (QED) is 0.774. The zero-order chi connectivity index (χ0) is 13.8. The van der Waals surface area contributed by atoms with Crippen LogP contribution in [0.2, 0.25) is 10.0 Å². The van der Waals surface area contributed by atoms with Crippen LogP contribution in [0.5, 0.6) is 5.75 Å². The maximum absolute atomic E-state index is 13.8. The highest BCUT2D eigenvalue weighted by molar-refractivity contribution is 6.42. The van der Waals surface area contributed by atoms with Crippen molar-refractivity contribution >= 4 is 29.0 Å². The lowest BCUT2D eigenvalue weighted by Crippen LogP contribution is -2.22. The van der Waals surface area contributed by atoms with E-state index in [0.29, 0.717) is 5.02 Å². The molecular formula is C14H9Cl2FO2. The van der Waals surface area contributed by atoms with Gasteiger partial charge in [-0.25, -0.2) is 0 Å². The van der Waals surface area contributed by atoms with Gasteiger partial charge in [-0.1, -0.05) is 53.5 Å². The first-order chi connectivity index (χ1) is 9.08. The highest BCUT2D eigenvalue weighted by atomic mass is 35.5. The summed E-state index contributed by atoms with van der Waals surface area (Å²) in [6, 6.07) is 12.4. The predicted molar refractivity (Wildman–Crippen MR) is 72.8 cm³/mol. The number of benzene rings is 2. The second-order valence-electron chi connectivity index (χ2n) is 3.74. The van der Waals surface area contributed by atoms with Gasteiger partial charge in [0.25, 0.3) is 0 Å². The highest BCUT2D eigenvalue weighted by Crippen LogP contribution is 2.27. The Morgan fingerprint density at radius 1 is 1.05 bits per heavy atom. The van der Waals surface area contributed by atoms with Crippen LogP contribution in [0.25, 0.3) is 0 Å². The van der Waals surface area contributed by atoms with Gasteiger partial charge in [-0.05, 0) is 12.1 Å². The van der Waals surface area contributed by atoms with Crippen molar-refractivity contribution in [1.29, 1.82) is 0 Å². The third kappa shape index (κ3) is 3.46. The molecule has 0 N–H and O–H groups in total. The van der Waals surface area contributed by atoms with E-state index < -0.39 is 12.1 Å². The van der Waals surface area contributed by atoms with E-state index in [1.807, 2.05) is 0 Å². The zero-order valence-electron chi connectivity index (χ0n) is 9.65. The number of ketones is 1. The molecule has 98 valence electrons. The minimum atomic E-state index is -2.08. The van der Waals surface area contributed by atoms with Crippen LogP contribution in [-0.2, 0) is 0 Å². The summed E-state index contributed by atoms with van der Waals surface area (Å²) in [6.07, 6.45) is -2.08. The summed E-state index contributed by atoms with van der Waals surface area (Å²) in [4.78, 5) is 11.7. The molecule has 2 aromatic rings. The van der Waals surface area contributed by atoms with E-state index in [9.17, 15) is 9.18 Å². The van der Waals surface area contributed by atoms with Crippen LogP contribution in [0.3, 0.4) is 0 Å². The minimum Gasteiger partial charge on any atom is -0.453 e. The number of ether oxygens (including phenoxy) is 1. The molecule has 0 saturated carbocycles. The summed E-state index contributed by atoms with van der Waals surface area (Å²) in [5.74, 6) is -0.599. The maximum atomic E-state index is 13.8. The molecule has 0 aliphatic heterocycles. The van der Waals surface area contributed by atoms with Gasteiger partial charge in [0.15, 0.2) is 0 Å². The van der Waals surface area contributed by atoms with E-state index in [1.54, 1.807) is 18.2 Å². The number of alkyl halides is 1. The molecule has 0 aromatic heterocycles. The van der Waals surface area contributed by atoms with E-state index in [-0.39, 0.29) is 16.3 Å². The lowest BCUT2D eigenvalue weighted by Gasteiger charge is -2.11. The van der Waals surface area contributed by atoms with Gasteiger partial charge in [0.1, 0.15) is 5.75 Å². The maximum Gasteiger partial charge on any atom is 0.301 e. The molecule has 2 rings (SSSR count). The second kappa shape index (κ2) is 6.04. The first kappa shape index (κ1) is 13.8. The Bertz CT molecular complexity index is 587. The fourth-order valence-corrected chi connectivity index (χ4v) is 1.74. The fraction of sp³-hybridized carbons (Fsp3) is 0.0714. The van der Waals surface area contributed by atoms with Crippen LogP contribution in [0.1, 0.15) is 10.4 Å². The number of carbonyl (C=O) groups is 1. The van der Waals surface area contributed by atoms with Crippen molar-refractivity contribution in [2.75, 3.05) is 0 Å². The number of Topliss-reactive ketones (excluding diaryl/α,β-unsaturated/α-hetero) is 1. The molecule has 0 radical (unpaired) electrons. The molecule has 5 heteroatoms. The monoisotopic (exact) mass is 298 g/mol. The van der Waals surface area contributed by atoms with Gasteiger partial charge < -0.3 is 4.74 Å². The normalized spacial score (nSPS) is 11.9. The topological polar surface area (TPSA) is 26.3 Å². The van der Waals surface area contributed by atoms with Crippen molar-refractivity contribution in [2.45, 2.75) is 6.36 Å². The minimum absolute atomic E-state index is 0.145. The molecule has 0 fully saturated rings. The Labute approximate surface area is 119 Å². The summed E-state index contributed by atoms with van der Waals surface area (Å²) in [7, 11) is 0. The lowest BCUT2D eigenvalue weighted by molar-refractivity contribution is 0.0451. The Morgan fingerprint density at radius 2 is 1.74 bits per heavy atom. The van der Waals surface area contributed by atoms with Crippen LogP contribution in [0, 0.1) is 0 Å². The molecular weight excluding hydrogens is 290 g/mol. The van der Waals surface area contributed by atoms with Crippen LogP contribution < -0.4 is 4.74 Å². The first-order valence-corrected chi connectivity index (χ1v) is 6.18. The summed E-state index contributed by atoms with van der Waals surface area (Å²) >= 11 is 11.5. The van der Waals surface area contributed by atoms with Gasteiger partial charge in [0.05, 0.1) is 10.0 Å². The lowest BCUT2D eigenvalue weighted by atomic mass is 10.1. The molecule has 1 atom stereocenters. The van der Waals surface area contributed by atoms with Gasteiger partial charge >= 0.3 is 6.36 Å². The Morgan fingerprint density at radius 3 is 2.37 bits per heavy atom. The van der Waals surface area contributed by atoms with Gasteiger partial charge in [0.2, 0.25) is 5.78 Å². The molecule has 2 nitrogen and oxygen atoms in total. The Hall–Kier alpha value is -1.58. The van der Waals surface area contributed by atoms with Crippen molar-refractivity contribution in [3.8, 4) is 5.75 Å². The molecule has 0 bridgehead atoms. The van der Waals surface area contributed by atoms with Gasteiger partial charge in [-0.3, -0.25) is 4.79 Å². The van der Waals surface area contributed by atoms with Crippen molar-refractivity contribution in [3.63, 3.8) is 0 Å². The van der Waals surface area contributed by atoms with Gasteiger partial charge in [0, 0.05) is 11.6 Å². The average Bonchev–Trinajstić information content (AvgIpc) is 2.43. The first-order valence-electron chi connectivity index (χ1n) is 5.43. The fourth-order valence-electron chi connectivity index (χ4n) is 1.46. The van der Waals surface area contributed by atoms with Crippen LogP contribution in [0.4, 0.5) is 4.39 Å². The number of hydrogen-bond acceptors (Lipinski definition) is 2. The molecule has 19 heavy (non-hydrogen) atoms. The van der Waals surface area contributed by atoms with Crippen LogP contribution in [-0.4, -0.2) is 12.1 Å². The third-order valence-electron chi connectivity index (χ3n) is 2.40. The van der Waals surface area contributed by atoms with Gasteiger partial charge in [-0.2, -0.15) is 4.39 Å². The van der Waals surface area contributed by atoms with E-state index >= 15 is 0 Å². The highest BCUT2D eigenvalue weighted by Gasteiger charge is 2.20. The van der Waals surface area contributed by atoms with Crippen LogP contribution in [0.15, 0.2) is 48.5 Å². The number of hydrogen-bond donors (Lipinski definition) is 0. The molecule has 0 saturated heterocycles. The summed E-state index contributed by atoms with van der Waals surface area (Å²) < 4.78 is 18.7. The average molecular weight is 299 g/mol. The number of rotatable bonds is 4. The number of carbonyl (C=O) groups excluding carboxylic acids is 1. The molecule has 2 aromatic carbocycles.